The van der Waals surface area contributed by atoms with Crippen molar-refractivity contribution in [1.29, 1.82) is 0 Å². The Labute approximate surface area is 135 Å². The van der Waals surface area contributed by atoms with Gasteiger partial charge in [-0.1, -0.05) is 18.2 Å². The Morgan fingerprint density at radius 2 is 1.96 bits per heavy atom. The predicted molar refractivity (Wildman–Crippen MR) is 90.1 cm³/mol. The summed E-state index contributed by atoms with van der Waals surface area (Å²) in [5.41, 5.74) is 3.21. The van der Waals surface area contributed by atoms with Crippen LogP contribution in [-0.2, 0) is 6.54 Å². The second kappa shape index (κ2) is 8.10. The Morgan fingerprint density at radius 3 is 2.78 bits per heavy atom. The third-order valence-corrected chi connectivity index (χ3v) is 3.49. The van der Waals surface area contributed by atoms with Crippen LogP contribution in [0.3, 0.4) is 0 Å². The molecule has 5 heteroatoms. The van der Waals surface area contributed by atoms with Crippen LogP contribution >= 0.6 is 0 Å². The number of ether oxygens (including phenoxy) is 1. The largest absolute Gasteiger partial charge is 0.494 e. The molecule has 23 heavy (non-hydrogen) atoms. The fourth-order valence-electron chi connectivity index (χ4n) is 2.33. The molecule has 3 rings (SSSR count). The van der Waals surface area contributed by atoms with Gasteiger partial charge in [0.05, 0.1) is 18.5 Å². The van der Waals surface area contributed by atoms with Gasteiger partial charge in [-0.25, -0.2) is 0 Å². The van der Waals surface area contributed by atoms with Gasteiger partial charge >= 0.3 is 0 Å². The minimum Gasteiger partial charge on any atom is -0.494 e. The number of nitrogens with one attached hydrogen (secondary N) is 2. The highest BCUT2D eigenvalue weighted by molar-refractivity contribution is 5.61. The van der Waals surface area contributed by atoms with Gasteiger partial charge in [0.15, 0.2) is 0 Å². The molecule has 0 radical (unpaired) electrons. The van der Waals surface area contributed by atoms with E-state index in [-0.39, 0.29) is 0 Å². The molecule has 3 aromatic rings. The molecule has 2 heterocycles. The first-order valence-corrected chi connectivity index (χ1v) is 7.75. The number of aromatic amines is 1. The average Bonchev–Trinajstić information content (AvgIpc) is 3.08. The van der Waals surface area contributed by atoms with Crippen LogP contribution in [0.5, 0.6) is 5.75 Å². The lowest BCUT2D eigenvalue weighted by atomic mass is 10.1. The van der Waals surface area contributed by atoms with E-state index in [1.807, 2.05) is 54.9 Å². The first kappa shape index (κ1) is 15.2. The highest BCUT2D eigenvalue weighted by Gasteiger charge is 2.06. The molecular formula is C18H20N4O. The number of H-pyrrole nitrogens is 1. The van der Waals surface area contributed by atoms with Crippen molar-refractivity contribution in [2.45, 2.75) is 13.0 Å². The van der Waals surface area contributed by atoms with Crippen LogP contribution in [0, 0.1) is 0 Å². The van der Waals surface area contributed by atoms with Gasteiger partial charge in [-0.05, 0) is 37.2 Å². The SMILES string of the molecule is c1ccc(OCCCNCc2cn[nH]c2-c2cccnc2)cc1. The predicted octanol–water partition coefficient (Wildman–Crippen LogP) is 3.03. The highest BCUT2D eigenvalue weighted by atomic mass is 16.5. The Morgan fingerprint density at radius 1 is 1.04 bits per heavy atom. The maximum Gasteiger partial charge on any atom is 0.119 e. The summed E-state index contributed by atoms with van der Waals surface area (Å²) in [5.74, 6) is 0.918. The zero-order valence-electron chi connectivity index (χ0n) is 12.9. The quantitative estimate of drug-likeness (QED) is 0.628. The minimum absolute atomic E-state index is 0.706. The van der Waals surface area contributed by atoms with Crippen LogP contribution in [0.4, 0.5) is 0 Å². The van der Waals surface area contributed by atoms with Gasteiger partial charge < -0.3 is 10.1 Å². The Bertz CT molecular complexity index is 697. The summed E-state index contributed by atoms with van der Waals surface area (Å²) < 4.78 is 5.67. The van der Waals surface area contributed by atoms with Crippen LogP contribution in [0.25, 0.3) is 11.3 Å². The molecule has 0 aliphatic heterocycles. The lowest BCUT2D eigenvalue weighted by Crippen LogP contribution is -2.17. The monoisotopic (exact) mass is 308 g/mol. The number of pyridine rings is 1. The molecular weight excluding hydrogens is 288 g/mol. The van der Waals surface area contributed by atoms with Gasteiger partial charge in [0.2, 0.25) is 0 Å². The zero-order valence-corrected chi connectivity index (χ0v) is 12.9. The molecule has 0 unspecified atom stereocenters. The third kappa shape index (κ3) is 4.40. The van der Waals surface area contributed by atoms with Crippen LogP contribution in [-0.4, -0.2) is 28.3 Å². The maximum atomic E-state index is 5.67. The van der Waals surface area contributed by atoms with Gasteiger partial charge in [-0.2, -0.15) is 5.10 Å². The molecule has 0 aliphatic carbocycles. The summed E-state index contributed by atoms with van der Waals surface area (Å²) >= 11 is 0. The summed E-state index contributed by atoms with van der Waals surface area (Å²) in [6, 6.07) is 13.8. The molecule has 0 saturated carbocycles. The number of hydrogen-bond donors (Lipinski definition) is 2. The number of rotatable bonds is 8. The van der Waals surface area contributed by atoms with E-state index < -0.39 is 0 Å². The van der Waals surface area contributed by atoms with E-state index >= 15 is 0 Å². The summed E-state index contributed by atoms with van der Waals surface area (Å²) in [4.78, 5) is 4.15. The van der Waals surface area contributed by atoms with Crippen LogP contribution in [0.15, 0.2) is 61.1 Å². The summed E-state index contributed by atoms with van der Waals surface area (Å²) in [6.45, 7) is 2.37. The number of benzene rings is 1. The summed E-state index contributed by atoms with van der Waals surface area (Å²) in [7, 11) is 0. The number of para-hydroxylation sites is 1. The molecule has 0 saturated heterocycles. The fraction of sp³-hybridized carbons (Fsp3) is 0.222. The standard InChI is InChI=1S/C18H20N4O/c1-2-7-17(8-3-1)23-11-5-10-20-13-16-14-21-22-18(16)15-6-4-9-19-12-15/h1-4,6-9,12,14,20H,5,10-11,13H2,(H,21,22). The second-order valence-electron chi connectivity index (χ2n) is 5.20. The van der Waals surface area contributed by atoms with Crippen LogP contribution < -0.4 is 10.1 Å². The van der Waals surface area contributed by atoms with Crippen molar-refractivity contribution in [2.75, 3.05) is 13.2 Å². The van der Waals surface area contributed by atoms with E-state index in [0.717, 1.165) is 42.1 Å². The molecule has 118 valence electrons. The number of aromatic nitrogens is 3. The normalized spacial score (nSPS) is 10.6. The molecule has 0 aliphatic rings. The van der Waals surface area contributed by atoms with E-state index in [4.69, 9.17) is 4.74 Å². The molecule has 0 amide bonds. The number of hydrogen-bond acceptors (Lipinski definition) is 4. The van der Waals surface area contributed by atoms with Gasteiger partial charge in [0.25, 0.3) is 0 Å². The van der Waals surface area contributed by atoms with Crippen molar-refractivity contribution in [3.05, 3.63) is 66.6 Å². The van der Waals surface area contributed by atoms with E-state index in [1.54, 1.807) is 6.20 Å². The molecule has 0 fully saturated rings. The molecule has 0 spiro atoms. The van der Waals surface area contributed by atoms with E-state index in [0.29, 0.717) is 6.61 Å². The molecule has 2 aromatic heterocycles. The summed E-state index contributed by atoms with van der Waals surface area (Å²) in [6.07, 6.45) is 6.42. The smallest absolute Gasteiger partial charge is 0.119 e. The average molecular weight is 308 g/mol. The van der Waals surface area contributed by atoms with E-state index in [2.05, 4.69) is 20.5 Å². The van der Waals surface area contributed by atoms with Gasteiger partial charge in [-0.15, -0.1) is 0 Å². The van der Waals surface area contributed by atoms with Crippen molar-refractivity contribution < 1.29 is 4.74 Å². The number of nitrogens with zero attached hydrogens (tertiary/aromatic N) is 2. The Balaban J connectivity index is 1.41. The molecule has 5 nitrogen and oxygen atoms in total. The van der Waals surface area contributed by atoms with Crippen molar-refractivity contribution in [2.24, 2.45) is 0 Å². The Hall–Kier alpha value is -2.66. The van der Waals surface area contributed by atoms with Crippen molar-refractivity contribution in [3.63, 3.8) is 0 Å². The van der Waals surface area contributed by atoms with Crippen molar-refractivity contribution in [1.82, 2.24) is 20.5 Å². The second-order valence-corrected chi connectivity index (χ2v) is 5.20. The first-order valence-electron chi connectivity index (χ1n) is 7.75. The van der Waals surface area contributed by atoms with Crippen molar-refractivity contribution >= 4 is 0 Å². The van der Waals surface area contributed by atoms with Gasteiger partial charge in [-0.3, -0.25) is 10.1 Å². The molecule has 0 atom stereocenters. The van der Waals surface area contributed by atoms with E-state index in [1.165, 1.54) is 0 Å². The molecule has 2 N–H and O–H groups in total. The first-order chi connectivity index (χ1) is 11.4. The fourth-order valence-corrected chi connectivity index (χ4v) is 2.33. The van der Waals surface area contributed by atoms with Crippen LogP contribution in [0.1, 0.15) is 12.0 Å². The maximum absolute atomic E-state index is 5.67. The molecule has 0 bridgehead atoms. The summed E-state index contributed by atoms with van der Waals surface area (Å²) in [5, 5.41) is 10.6. The lowest BCUT2D eigenvalue weighted by molar-refractivity contribution is 0.308. The van der Waals surface area contributed by atoms with Crippen molar-refractivity contribution in [3.8, 4) is 17.0 Å². The van der Waals surface area contributed by atoms with Gasteiger partial charge in [0.1, 0.15) is 5.75 Å². The third-order valence-electron chi connectivity index (χ3n) is 3.49. The Kier molecular flexibility index (Phi) is 5.37. The minimum atomic E-state index is 0.706. The zero-order chi connectivity index (χ0) is 15.7. The lowest BCUT2D eigenvalue weighted by Gasteiger charge is -2.07. The highest BCUT2D eigenvalue weighted by Crippen LogP contribution is 2.19. The van der Waals surface area contributed by atoms with Crippen LogP contribution in [0.2, 0.25) is 0 Å². The topological polar surface area (TPSA) is 62.8 Å². The molecule has 1 aromatic carbocycles. The van der Waals surface area contributed by atoms with E-state index in [9.17, 15) is 0 Å². The van der Waals surface area contributed by atoms with Gasteiger partial charge in [0, 0.05) is 30.1 Å².